The second-order valence-electron chi connectivity index (χ2n) is 7.91. The Morgan fingerprint density at radius 2 is 1.39 bits per heavy atom. The van der Waals surface area contributed by atoms with Gasteiger partial charge in [0.15, 0.2) is 0 Å². The van der Waals surface area contributed by atoms with Gasteiger partial charge in [0.1, 0.15) is 0 Å². The van der Waals surface area contributed by atoms with E-state index in [4.69, 9.17) is 5.73 Å². The molecule has 3 N–H and O–H groups in total. The molecule has 2 amide bonds. The smallest absolute Gasteiger partial charge is 0.248 e. The van der Waals surface area contributed by atoms with Crippen molar-refractivity contribution in [2.24, 2.45) is 5.73 Å². The zero-order valence-corrected chi connectivity index (χ0v) is 19.8. The van der Waals surface area contributed by atoms with E-state index in [1.165, 1.54) is 4.90 Å². The van der Waals surface area contributed by atoms with E-state index in [0.717, 1.165) is 33.4 Å². The van der Waals surface area contributed by atoms with Gasteiger partial charge in [0.25, 0.3) is 0 Å². The van der Waals surface area contributed by atoms with Gasteiger partial charge in [-0.15, -0.1) is 0 Å². The fourth-order valence-corrected chi connectivity index (χ4v) is 5.19. The summed E-state index contributed by atoms with van der Waals surface area (Å²) in [5.74, 6) is -0.695. The van der Waals surface area contributed by atoms with Gasteiger partial charge in [-0.3, -0.25) is 9.59 Å². The van der Waals surface area contributed by atoms with Crippen molar-refractivity contribution in [2.45, 2.75) is 52.5 Å². The first kappa shape index (κ1) is 24.6. The van der Waals surface area contributed by atoms with Crippen LogP contribution in [0, 0.1) is 34.6 Å². The molecule has 0 aromatic heterocycles. The number of carbonyl (C=O) groups is 2. The van der Waals surface area contributed by atoms with Gasteiger partial charge in [0, 0.05) is 32.1 Å². The van der Waals surface area contributed by atoms with Gasteiger partial charge >= 0.3 is 0 Å². The molecule has 31 heavy (non-hydrogen) atoms. The van der Waals surface area contributed by atoms with Crippen LogP contribution in [0.15, 0.2) is 29.2 Å². The third-order valence-corrected chi connectivity index (χ3v) is 7.65. The van der Waals surface area contributed by atoms with E-state index in [1.54, 1.807) is 31.3 Å². The summed E-state index contributed by atoms with van der Waals surface area (Å²) >= 11 is 0. The number of sulfonamides is 1. The Kier molecular flexibility index (Phi) is 7.62. The summed E-state index contributed by atoms with van der Waals surface area (Å²) in [5.41, 5.74) is 11.0. The van der Waals surface area contributed by atoms with Gasteiger partial charge in [-0.25, -0.2) is 13.1 Å². The third kappa shape index (κ3) is 5.51. The van der Waals surface area contributed by atoms with E-state index in [9.17, 15) is 18.0 Å². The van der Waals surface area contributed by atoms with Crippen LogP contribution in [0.3, 0.4) is 0 Å². The number of carbonyl (C=O) groups excluding carboxylic acids is 2. The van der Waals surface area contributed by atoms with Crippen molar-refractivity contribution >= 4 is 21.8 Å². The minimum Gasteiger partial charge on any atom is -0.366 e. The monoisotopic (exact) mass is 445 g/mol. The Bertz CT molecular complexity index is 1080. The van der Waals surface area contributed by atoms with Crippen LogP contribution in [0.5, 0.6) is 0 Å². The van der Waals surface area contributed by atoms with Crippen LogP contribution in [0.1, 0.15) is 50.2 Å². The molecule has 0 saturated heterocycles. The van der Waals surface area contributed by atoms with Crippen LogP contribution >= 0.6 is 0 Å². The van der Waals surface area contributed by atoms with Crippen LogP contribution in [-0.4, -0.2) is 38.7 Å². The predicted molar refractivity (Wildman–Crippen MR) is 121 cm³/mol. The number of nitrogens with zero attached hydrogens (tertiary/aromatic N) is 1. The summed E-state index contributed by atoms with van der Waals surface area (Å²) < 4.78 is 28.5. The molecule has 2 rings (SSSR count). The summed E-state index contributed by atoms with van der Waals surface area (Å²) in [6.45, 7) is 9.81. The summed E-state index contributed by atoms with van der Waals surface area (Å²) in [7, 11) is -2.09. The Morgan fingerprint density at radius 3 is 1.87 bits per heavy atom. The number of hydrogen-bond acceptors (Lipinski definition) is 4. The summed E-state index contributed by atoms with van der Waals surface area (Å²) in [5, 5.41) is 0. The standard InChI is InChI=1S/C23H31N3O4S/c1-14-15(2)17(4)22(18(5)16(14)3)31(29,30)25-12-11-21(27)26(6)13-19-7-9-20(10-8-19)23(24)28/h7-10,25H,11-13H2,1-6H3,(H2,24,28). The minimum absolute atomic E-state index is 0.0109. The lowest BCUT2D eigenvalue weighted by Gasteiger charge is -2.20. The van der Waals surface area contributed by atoms with Gasteiger partial charge < -0.3 is 10.6 Å². The molecule has 0 fully saturated rings. The number of rotatable bonds is 8. The predicted octanol–water partition coefficient (Wildman–Crippen LogP) is 2.65. The van der Waals surface area contributed by atoms with E-state index in [0.29, 0.717) is 17.0 Å². The molecule has 168 valence electrons. The van der Waals surface area contributed by atoms with E-state index in [-0.39, 0.29) is 18.9 Å². The first-order valence-electron chi connectivity index (χ1n) is 10.1. The Labute approximate surface area is 184 Å². The van der Waals surface area contributed by atoms with E-state index >= 15 is 0 Å². The lowest BCUT2D eigenvalue weighted by molar-refractivity contribution is -0.130. The zero-order valence-electron chi connectivity index (χ0n) is 19.0. The maximum Gasteiger partial charge on any atom is 0.248 e. The highest BCUT2D eigenvalue weighted by atomic mass is 32.2. The summed E-state index contributed by atoms with van der Waals surface area (Å²) in [6, 6.07) is 6.70. The normalized spacial score (nSPS) is 11.4. The topological polar surface area (TPSA) is 110 Å². The van der Waals surface area contributed by atoms with Crippen molar-refractivity contribution in [2.75, 3.05) is 13.6 Å². The Hall–Kier alpha value is -2.71. The molecular weight excluding hydrogens is 414 g/mol. The highest BCUT2D eigenvalue weighted by Crippen LogP contribution is 2.29. The van der Waals surface area contributed by atoms with Gasteiger partial charge in [-0.2, -0.15) is 0 Å². The van der Waals surface area contributed by atoms with Crippen LogP contribution < -0.4 is 10.5 Å². The number of nitrogens with two attached hydrogens (primary N) is 1. The molecule has 0 atom stereocenters. The fourth-order valence-electron chi connectivity index (χ4n) is 3.56. The van der Waals surface area contributed by atoms with Gasteiger partial charge in [0.05, 0.1) is 4.90 Å². The number of benzene rings is 2. The number of primary amides is 1. The van der Waals surface area contributed by atoms with Crippen LogP contribution in [0.4, 0.5) is 0 Å². The first-order valence-corrected chi connectivity index (χ1v) is 11.5. The second-order valence-corrected chi connectivity index (χ2v) is 9.62. The molecule has 0 unspecified atom stereocenters. The fraction of sp³-hybridized carbons (Fsp3) is 0.391. The lowest BCUT2D eigenvalue weighted by atomic mass is 9.95. The molecular formula is C23H31N3O4S. The van der Waals surface area contributed by atoms with E-state index < -0.39 is 15.9 Å². The molecule has 0 spiro atoms. The molecule has 0 aliphatic heterocycles. The van der Waals surface area contributed by atoms with Crippen molar-refractivity contribution in [3.8, 4) is 0 Å². The van der Waals surface area contributed by atoms with E-state index in [1.807, 2.05) is 34.6 Å². The third-order valence-electron chi connectivity index (χ3n) is 5.91. The number of nitrogens with one attached hydrogen (secondary N) is 1. The second kappa shape index (κ2) is 9.62. The van der Waals surface area contributed by atoms with E-state index in [2.05, 4.69) is 4.72 Å². The van der Waals surface area contributed by atoms with Crippen molar-refractivity contribution in [1.82, 2.24) is 9.62 Å². The van der Waals surface area contributed by atoms with Gasteiger partial charge in [-0.1, -0.05) is 12.1 Å². The molecule has 0 bridgehead atoms. The van der Waals surface area contributed by atoms with Gasteiger partial charge in [0.2, 0.25) is 21.8 Å². The average molecular weight is 446 g/mol. The molecule has 0 radical (unpaired) electrons. The SMILES string of the molecule is Cc1c(C)c(C)c(S(=O)(=O)NCCC(=O)N(C)Cc2ccc(C(N)=O)cc2)c(C)c1C. The molecule has 0 aliphatic carbocycles. The molecule has 8 heteroatoms. The summed E-state index contributed by atoms with van der Waals surface area (Å²) in [4.78, 5) is 25.4. The highest BCUT2D eigenvalue weighted by molar-refractivity contribution is 7.89. The molecule has 2 aromatic carbocycles. The Balaban J connectivity index is 2.02. The molecule has 0 aliphatic rings. The quantitative estimate of drug-likeness (QED) is 0.651. The van der Waals surface area contributed by atoms with Crippen LogP contribution in [0.25, 0.3) is 0 Å². The number of hydrogen-bond donors (Lipinski definition) is 2. The van der Waals surface area contributed by atoms with Crippen molar-refractivity contribution in [3.63, 3.8) is 0 Å². The van der Waals surface area contributed by atoms with Crippen molar-refractivity contribution in [1.29, 1.82) is 0 Å². The zero-order chi connectivity index (χ0) is 23.5. The molecule has 0 heterocycles. The molecule has 0 saturated carbocycles. The van der Waals surface area contributed by atoms with Gasteiger partial charge in [-0.05, 0) is 80.1 Å². The van der Waals surface area contributed by atoms with Crippen LogP contribution in [-0.2, 0) is 21.4 Å². The maximum atomic E-state index is 12.9. The molecule has 2 aromatic rings. The Morgan fingerprint density at radius 1 is 0.903 bits per heavy atom. The lowest BCUT2D eigenvalue weighted by Crippen LogP contribution is -2.32. The number of amides is 2. The maximum absolute atomic E-state index is 12.9. The van der Waals surface area contributed by atoms with Crippen LogP contribution in [0.2, 0.25) is 0 Å². The summed E-state index contributed by atoms with van der Waals surface area (Å²) in [6.07, 6.45) is 0.0387. The van der Waals surface area contributed by atoms with Crippen molar-refractivity contribution < 1.29 is 18.0 Å². The first-order chi connectivity index (χ1) is 14.4. The minimum atomic E-state index is -3.74. The van der Waals surface area contributed by atoms with Crippen molar-refractivity contribution in [3.05, 3.63) is 63.2 Å². The average Bonchev–Trinajstić information content (AvgIpc) is 2.70. The largest absolute Gasteiger partial charge is 0.366 e. The highest BCUT2D eigenvalue weighted by Gasteiger charge is 2.23. The molecule has 7 nitrogen and oxygen atoms in total.